The van der Waals surface area contributed by atoms with Crippen molar-refractivity contribution in [3.63, 3.8) is 0 Å². The first-order valence-electron chi connectivity index (χ1n) is 11.4. The fraction of sp³-hybridized carbons (Fsp3) is 0.600. The highest BCUT2D eigenvalue weighted by Gasteiger charge is 2.33. The lowest BCUT2D eigenvalue weighted by atomic mass is 9.69. The molecule has 5 nitrogen and oxygen atoms in total. The third-order valence-corrected chi connectivity index (χ3v) is 6.84. The average Bonchev–Trinajstić information content (AvgIpc) is 3.19. The van der Waals surface area contributed by atoms with Gasteiger partial charge in [0.1, 0.15) is 0 Å². The van der Waals surface area contributed by atoms with E-state index >= 15 is 0 Å². The van der Waals surface area contributed by atoms with E-state index in [2.05, 4.69) is 61.0 Å². The zero-order chi connectivity index (χ0) is 21.1. The van der Waals surface area contributed by atoms with E-state index in [1.807, 2.05) is 12.1 Å². The van der Waals surface area contributed by atoms with E-state index in [0.29, 0.717) is 29.6 Å². The second kappa shape index (κ2) is 9.44. The highest BCUT2D eigenvalue weighted by Crippen LogP contribution is 2.39. The molecule has 3 atom stereocenters. The molecule has 2 aromatic rings. The van der Waals surface area contributed by atoms with Gasteiger partial charge in [-0.3, -0.25) is 4.90 Å². The Morgan fingerprint density at radius 3 is 2.50 bits per heavy atom. The maximum Gasteiger partial charge on any atom is 0.247 e. The van der Waals surface area contributed by atoms with Gasteiger partial charge < -0.3 is 9.15 Å². The summed E-state index contributed by atoms with van der Waals surface area (Å²) in [6.45, 7) is 14.1. The summed E-state index contributed by atoms with van der Waals surface area (Å²) in [5.74, 6) is 3.80. The summed E-state index contributed by atoms with van der Waals surface area (Å²) < 4.78 is 11.6. The second-order valence-electron chi connectivity index (χ2n) is 9.40. The molecule has 0 N–H and O–H groups in total. The number of nitrogens with zero attached hydrogens (tertiary/aromatic N) is 3. The van der Waals surface area contributed by atoms with E-state index in [4.69, 9.17) is 9.15 Å². The largest absolute Gasteiger partial charge is 0.421 e. The second-order valence-corrected chi connectivity index (χ2v) is 9.40. The molecule has 1 aliphatic carbocycles. The molecule has 0 amide bonds. The summed E-state index contributed by atoms with van der Waals surface area (Å²) in [5, 5.41) is 8.66. The topological polar surface area (TPSA) is 51.4 Å². The number of rotatable bonds is 6. The molecule has 0 unspecified atom stereocenters. The minimum atomic E-state index is 0.477. The Morgan fingerprint density at radius 1 is 1.07 bits per heavy atom. The summed E-state index contributed by atoms with van der Waals surface area (Å²) in [7, 11) is 0. The first kappa shape index (κ1) is 21.3. The van der Waals surface area contributed by atoms with Crippen LogP contribution < -0.4 is 0 Å². The van der Waals surface area contributed by atoms with E-state index in [1.54, 1.807) is 0 Å². The Hall–Kier alpha value is -1.98. The van der Waals surface area contributed by atoms with E-state index in [-0.39, 0.29) is 0 Å². The number of aromatic nitrogens is 2. The van der Waals surface area contributed by atoms with Gasteiger partial charge in [-0.1, -0.05) is 43.2 Å². The van der Waals surface area contributed by atoms with E-state index in [1.165, 1.54) is 17.6 Å². The van der Waals surface area contributed by atoms with Gasteiger partial charge in [-0.25, -0.2) is 0 Å². The molecule has 30 heavy (non-hydrogen) atoms. The molecule has 4 rings (SSSR count). The van der Waals surface area contributed by atoms with E-state index < -0.39 is 0 Å². The summed E-state index contributed by atoms with van der Waals surface area (Å²) in [4.78, 5) is 2.57. The monoisotopic (exact) mass is 409 g/mol. The zero-order valence-corrected chi connectivity index (χ0v) is 18.8. The maximum absolute atomic E-state index is 6.03. The molecule has 1 aliphatic heterocycles. The molecule has 5 heteroatoms. The van der Waals surface area contributed by atoms with Crippen molar-refractivity contribution >= 4 is 0 Å². The minimum Gasteiger partial charge on any atom is -0.421 e. The fourth-order valence-corrected chi connectivity index (χ4v) is 4.93. The van der Waals surface area contributed by atoms with Gasteiger partial charge in [0.2, 0.25) is 11.8 Å². The molecule has 2 heterocycles. The molecule has 0 bridgehead atoms. The van der Waals surface area contributed by atoms with Crippen LogP contribution in [0.25, 0.3) is 11.5 Å². The molecule has 1 aromatic carbocycles. The number of ether oxygens (including phenoxy) is 1. The van der Waals surface area contributed by atoms with Crippen molar-refractivity contribution in [3.05, 3.63) is 47.4 Å². The van der Waals surface area contributed by atoms with Crippen molar-refractivity contribution in [2.45, 2.75) is 40.5 Å². The third kappa shape index (κ3) is 5.01. The first-order chi connectivity index (χ1) is 14.5. The van der Waals surface area contributed by atoms with Crippen LogP contribution >= 0.6 is 0 Å². The highest BCUT2D eigenvalue weighted by atomic mass is 16.5. The first-order valence-corrected chi connectivity index (χ1v) is 11.4. The maximum atomic E-state index is 6.03. The van der Waals surface area contributed by atoms with Crippen LogP contribution in [-0.4, -0.2) is 47.9 Å². The van der Waals surface area contributed by atoms with Crippen LogP contribution in [0.3, 0.4) is 0 Å². The van der Waals surface area contributed by atoms with Crippen LogP contribution in [-0.2, 0) is 11.2 Å². The minimum absolute atomic E-state index is 0.477. The van der Waals surface area contributed by atoms with Gasteiger partial charge >= 0.3 is 0 Å². The van der Waals surface area contributed by atoms with Gasteiger partial charge in [-0.15, -0.1) is 10.2 Å². The van der Waals surface area contributed by atoms with Crippen molar-refractivity contribution in [1.82, 2.24) is 15.1 Å². The molecule has 1 aromatic heterocycles. The predicted octanol–water partition coefficient (Wildman–Crippen LogP) is 4.77. The van der Waals surface area contributed by atoms with Gasteiger partial charge in [-0.05, 0) is 56.1 Å². The van der Waals surface area contributed by atoms with E-state index in [9.17, 15) is 0 Å². The average molecular weight is 410 g/mol. The van der Waals surface area contributed by atoms with Gasteiger partial charge in [0.05, 0.1) is 13.2 Å². The smallest absolute Gasteiger partial charge is 0.247 e. The summed E-state index contributed by atoms with van der Waals surface area (Å²) in [6.07, 6.45) is 4.55. The van der Waals surface area contributed by atoms with Gasteiger partial charge in [-0.2, -0.15) is 0 Å². The Kier molecular flexibility index (Phi) is 6.69. The summed E-state index contributed by atoms with van der Waals surface area (Å²) in [6, 6.07) is 8.25. The van der Waals surface area contributed by atoms with Crippen molar-refractivity contribution in [1.29, 1.82) is 0 Å². The van der Waals surface area contributed by atoms with Gasteiger partial charge in [0, 0.05) is 31.6 Å². The molecule has 2 aliphatic rings. The number of hydrogen-bond acceptors (Lipinski definition) is 5. The molecule has 0 spiro atoms. The standard InChI is InChI=1S/C25H35N3O2/c1-17(2)23-14-21(19(4)13-22(23)16-28-9-11-29-12-10-28)15-24-26-27-25(30-24)20-7-5-18(3)6-8-20/h5-8,13,17,21-23H,9-12,14-16H2,1-4H3/t21-,22-,23-/m0/s1. The molecule has 1 saturated heterocycles. The van der Waals surface area contributed by atoms with Gasteiger partial charge in [0.15, 0.2) is 0 Å². The van der Waals surface area contributed by atoms with Crippen LogP contribution in [0.1, 0.15) is 38.6 Å². The third-order valence-electron chi connectivity index (χ3n) is 6.84. The SMILES string of the molecule is CC1=C[C@@H](CN2CCOCC2)[C@H](C(C)C)C[C@H]1Cc1nnc(-c2ccc(C)cc2)o1. The molecule has 1 fully saturated rings. The van der Waals surface area contributed by atoms with Crippen LogP contribution in [0, 0.1) is 30.6 Å². The van der Waals surface area contributed by atoms with Crippen LogP contribution in [0.2, 0.25) is 0 Å². The highest BCUT2D eigenvalue weighted by molar-refractivity contribution is 5.52. The Bertz CT molecular complexity index is 850. The number of allylic oxidation sites excluding steroid dienone is 1. The van der Waals surface area contributed by atoms with E-state index in [0.717, 1.165) is 50.7 Å². The quantitative estimate of drug-likeness (QED) is 0.643. The lowest BCUT2D eigenvalue weighted by molar-refractivity contribution is 0.0256. The van der Waals surface area contributed by atoms with Crippen LogP contribution in [0.15, 0.2) is 40.3 Å². The molecular formula is C25H35N3O2. The molecule has 0 saturated carbocycles. The normalized spacial score (nSPS) is 25.5. The van der Waals surface area contributed by atoms with Gasteiger partial charge in [0.25, 0.3) is 0 Å². The Morgan fingerprint density at radius 2 is 1.80 bits per heavy atom. The van der Waals surface area contributed by atoms with Crippen molar-refractivity contribution < 1.29 is 9.15 Å². The number of hydrogen-bond donors (Lipinski definition) is 0. The molecule has 0 radical (unpaired) electrons. The number of morpholine rings is 1. The van der Waals surface area contributed by atoms with Crippen molar-refractivity contribution in [2.24, 2.45) is 23.7 Å². The number of benzene rings is 1. The lowest BCUT2D eigenvalue weighted by Gasteiger charge is -2.40. The Labute approximate surface area is 180 Å². The van der Waals surface area contributed by atoms with Crippen LogP contribution in [0.5, 0.6) is 0 Å². The zero-order valence-electron chi connectivity index (χ0n) is 18.8. The summed E-state index contributed by atoms with van der Waals surface area (Å²) >= 11 is 0. The van der Waals surface area contributed by atoms with Crippen LogP contribution in [0.4, 0.5) is 0 Å². The fourth-order valence-electron chi connectivity index (χ4n) is 4.93. The lowest BCUT2D eigenvalue weighted by Crippen LogP contribution is -2.42. The summed E-state index contributed by atoms with van der Waals surface area (Å²) in [5.41, 5.74) is 3.69. The van der Waals surface area contributed by atoms with Crippen molar-refractivity contribution in [2.75, 3.05) is 32.8 Å². The molecule has 162 valence electrons. The predicted molar refractivity (Wildman–Crippen MR) is 119 cm³/mol. The number of aryl methyl sites for hydroxylation is 1. The molecular weight excluding hydrogens is 374 g/mol. The Balaban J connectivity index is 1.45. The van der Waals surface area contributed by atoms with Crippen molar-refractivity contribution in [3.8, 4) is 11.5 Å².